The Bertz CT molecular complexity index is 675. The second-order valence-corrected chi connectivity index (χ2v) is 7.08. The molecular formula is C18H25F2N3O3S. The quantitative estimate of drug-likeness (QED) is 0.520. The van der Waals surface area contributed by atoms with Crippen LogP contribution in [0.15, 0.2) is 18.2 Å². The van der Waals surface area contributed by atoms with Crippen LogP contribution in [0.5, 0.6) is 11.5 Å². The highest BCUT2D eigenvalue weighted by molar-refractivity contribution is 7.80. The molecule has 0 aliphatic heterocycles. The molecular weight excluding hydrogens is 376 g/mol. The first kappa shape index (κ1) is 21.1. The van der Waals surface area contributed by atoms with Crippen molar-refractivity contribution in [3.8, 4) is 11.5 Å². The summed E-state index contributed by atoms with van der Waals surface area (Å²) in [6.45, 7) is 1.44. The summed E-state index contributed by atoms with van der Waals surface area (Å²) < 4.78 is 34.0. The highest BCUT2D eigenvalue weighted by Crippen LogP contribution is 2.30. The molecule has 0 aromatic heterocycles. The first-order valence-electron chi connectivity index (χ1n) is 8.81. The number of halogens is 2. The summed E-state index contributed by atoms with van der Waals surface area (Å²) in [5, 5.41) is 3.57. The van der Waals surface area contributed by atoms with Gasteiger partial charge in [0.1, 0.15) is 0 Å². The zero-order valence-electron chi connectivity index (χ0n) is 15.6. The van der Waals surface area contributed by atoms with Crippen LogP contribution >= 0.6 is 12.2 Å². The molecule has 3 atom stereocenters. The van der Waals surface area contributed by atoms with Crippen molar-refractivity contribution >= 4 is 23.2 Å². The van der Waals surface area contributed by atoms with Crippen LogP contribution in [0.2, 0.25) is 0 Å². The van der Waals surface area contributed by atoms with Gasteiger partial charge in [0.2, 0.25) is 0 Å². The number of hydrogen-bond donors (Lipinski definition) is 3. The van der Waals surface area contributed by atoms with Gasteiger partial charge < -0.3 is 14.8 Å². The van der Waals surface area contributed by atoms with Crippen molar-refractivity contribution in [2.75, 3.05) is 7.11 Å². The third kappa shape index (κ3) is 5.92. The molecule has 0 radical (unpaired) electrons. The van der Waals surface area contributed by atoms with E-state index in [-0.39, 0.29) is 23.1 Å². The Hall–Kier alpha value is -2.16. The Kier molecular flexibility index (Phi) is 7.58. The summed E-state index contributed by atoms with van der Waals surface area (Å²) in [7, 11) is 1.30. The number of carbonyl (C=O) groups is 1. The van der Waals surface area contributed by atoms with E-state index in [0.29, 0.717) is 16.9 Å². The number of ether oxygens (including phenoxy) is 2. The fourth-order valence-electron chi connectivity index (χ4n) is 3.18. The van der Waals surface area contributed by atoms with Gasteiger partial charge in [0, 0.05) is 11.6 Å². The van der Waals surface area contributed by atoms with Crippen LogP contribution in [0.3, 0.4) is 0 Å². The van der Waals surface area contributed by atoms with Crippen molar-refractivity contribution in [2.45, 2.75) is 45.8 Å². The van der Waals surface area contributed by atoms with E-state index in [2.05, 4.69) is 34.8 Å². The predicted octanol–water partition coefficient (Wildman–Crippen LogP) is 3.23. The lowest BCUT2D eigenvalue weighted by molar-refractivity contribution is -0.0512. The summed E-state index contributed by atoms with van der Waals surface area (Å²) in [6, 6.07) is 4.19. The molecule has 1 aromatic rings. The van der Waals surface area contributed by atoms with Crippen LogP contribution in [0.25, 0.3) is 0 Å². The fourth-order valence-corrected chi connectivity index (χ4v) is 3.38. The van der Waals surface area contributed by atoms with E-state index in [4.69, 9.17) is 17.0 Å². The van der Waals surface area contributed by atoms with E-state index in [1.807, 2.05) is 0 Å². The molecule has 27 heavy (non-hydrogen) atoms. The Morgan fingerprint density at radius 2 is 1.96 bits per heavy atom. The standard InChI is InChI=1S/C18H25F2N3O3S/c1-10-5-4-6-13(11(10)2)21-18(27)23-22-16(24)12-7-8-14(26-17(19)20)15(9-12)25-3/h7-11,13,17H,4-6H2,1-3H3,(H,22,24)(H2,21,23,27)/t10-,11-,13-/m1/s1. The highest BCUT2D eigenvalue weighted by Gasteiger charge is 2.27. The lowest BCUT2D eigenvalue weighted by atomic mass is 9.78. The molecule has 9 heteroatoms. The fraction of sp³-hybridized carbons (Fsp3) is 0.556. The van der Waals surface area contributed by atoms with E-state index >= 15 is 0 Å². The number of benzene rings is 1. The number of rotatable bonds is 5. The molecule has 0 saturated heterocycles. The van der Waals surface area contributed by atoms with Gasteiger partial charge in [0.25, 0.3) is 5.91 Å². The van der Waals surface area contributed by atoms with Crippen molar-refractivity contribution < 1.29 is 23.0 Å². The highest BCUT2D eigenvalue weighted by atomic mass is 32.1. The normalized spacial score (nSPS) is 22.1. The average Bonchev–Trinajstić information content (AvgIpc) is 2.63. The molecule has 1 aliphatic rings. The van der Waals surface area contributed by atoms with E-state index in [0.717, 1.165) is 12.8 Å². The maximum absolute atomic E-state index is 12.4. The number of hydrazine groups is 1. The molecule has 1 aromatic carbocycles. The number of hydrogen-bond acceptors (Lipinski definition) is 4. The second kappa shape index (κ2) is 9.68. The molecule has 0 bridgehead atoms. The molecule has 1 saturated carbocycles. The summed E-state index contributed by atoms with van der Waals surface area (Å²) in [6.07, 6.45) is 3.39. The smallest absolute Gasteiger partial charge is 0.387 e. The number of thiocarbonyl (C=S) groups is 1. The molecule has 0 spiro atoms. The Morgan fingerprint density at radius 3 is 2.63 bits per heavy atom. The molecule has 1 amide bonds. The minimum absolute atomic E-state index is 0.0358. The van der Waals surface area contributed by atoms with Gasteiger partial charge in [-0.15, -0.1) is 0 Å². The molecule has 150 valence electrons. The van der Waals surface area contributed by atoms with E-state index < -0.39 is 12.5 Å². The van der Waals surface area contributed by atoms with Gasteiger partial charge in [-0.25, -0.2) is 0 Å². The SMILES string of the molecule is COc1cc(C(=O)NNC(=S)N[C@@H]2CCC[C@@H](C)[C@H]2C)ccc1OC(F)F. The zero-order chi connectivity index (χ0) is 20.0. The van der Waals surface area contributed by atoms with Crippen molar-refractivity contribution in [2.24, 2.45) is 11.8 Å². The molecule has 2 rings (SSSR count). The Balaban J connectivity index is 1.90. The molecule has 0 heterocycles. The van der Waals surface area contributed by atoms with Crippen LogP contribution in [0.1, 0.15) is 43.5 Å². The van der Waals surface area contributed by atoms with Gasteiger partial charge in [-0.3, -0.25) is 15.6 Å². The average molecular weight is 401 g/mol. The van der Waals surface area contributed by atoms with E-state index in [9.17, 15) is 13.6 Å². The van der Waals surface area contributed by atoms with Gasteiger partial charge in [0.05, 0.1) is 7.11 Å². The third-order valence-corrected chi connectivity index (χ3v) is 5.17. The van der Waals surface area contributed by atoms with Crippen LogP contribution in [-0.4, -0.2) is 30.8 Å². The summed E-state index contributed by atoms with van der Waals surface area (Å²) in [4.78, 5) is 12.3. The number of amides is 1. The third-order valence-electron chi connectivity index (χ3n) is 4.95. The minimum Gasteiger partial charge on any atom is -0.493 e. The van der Waals surface area contributed by atoms with Crippen molar-refractivity contribution in [1.29, 1.82) is 0 Å². The van der Waals surface area contributed by atoms with Gasteiger partial charge in [0.15, 0.2) is 16.6 Å². The van der Waals surface area contributed by atoms with Crippen LogP contribution in [-0.2, 0) is 0 Å². The lowest BCUT2D eigenvalue weighted by Crippen LogP contribution is -2.52. The Labute approximate surface area is 163 Å². The summed E-state index contributed by atoms with van der Waals surface area (Å²) in [5.41, 5.74) is 5.38. The van der Waals surface area contributed by atoms with Crippen LogP contribution in [0.4, 0.5) is 8.78 Å². The first-order valence-corrected chi connectivity index (χ1v) is 9.22. The van der Waals surface area contributed by atoms with Crippen molar-refractivity contribution in [3.05, 3.63) is 23.8 Å². The number of carbonyl (C=O) groups excluding carboxylic acids is 1. The maximum atomic E-state index is 12.4. The van der Waals surface area contributed by atoms with E-state index in [1.165, 1.54) is 31.7 Å². The first-order chi connectivity index (χ1) is 12.8. The summed E-state index contributed by atoms with van der Waals surface area (Å²) in [5.74, 6) is 0.519. The van der Waals surface area contributed by atoms with Gasteiger partial charge >= 0.3 is 6.61 Å². The molecule has 0 unspecified atom stereocenters. The van der Waals surface area contributed by atoms with Crippen molar-refractivity contribution in [1.82, 2.24) is 16.2 Å². The van der Waals surface area contributed by atoms with Gasteiger partial charge in [-0.05, 0) is 48.7 Å². The van der Waals surface area contributed by atoms with Crippen molar-refractivity contribution in [3.63, 3.8) is 0 Å². The van der Waals surface area contributed by atoms with E-state index in [1.54, 1.807) is 0 Å². The topological polar surface area (TPSA) is 71.6 Å². The number of alkyl halides is 2. The monoisotopic (exact) mass is 401 g/mol. The largest absolute Gasteiger partial charge is 0.493 e. The molecule has 1 fully saturated rings. The maximum Gasteiger partial charge on any atom is 0.387 e. The number of methoxy groups -OCH3 is 1. The zero-order valence-corrected chi connectivity index (χ0v) is 16.4. The predicted molar refractivity (Wildman–Crippen MR) is 102 cm³/mol. The summed E-state index contributed by atoms with van der Waals surface area (Å²) >= 11 is 5.25. The Morgan fingerprint density at radius 1 is 1.22 bits per heavy atom. The molecule has 6 nitrogen and oxygen atoms in total. The van der Waals surface area contributed by atoms with Gasteiger partial charge in [-0.2, -0.15) is 8.78 Å². The number of nitrogens with one attached hydrogen (secondary N) is 3. The lowest BCUT2D eigenvalue weighted by Gasteiger charge is -2.35. The molecule has 3 N–H and O–H groups in total. The minimum atomic E-state index is -2.98. The van der Waals surface area contributed by atoms with Crippen LogP contribution in [0, 0.1) is 11.8 Å². The van der Waals surface area contributed by atoms with Crippen LogP contribution < -0.4 is 25.6 Å². The second-order valence-electron chi connectivity index (χ2n) is 6.67. The van der Waals surface area contributed by atoms with Gasteiger partial charge in [-0.1, -0.05) is 26.7 Å². The molecule has 1 aliphatic carbocycles.